The standard InChI is InChI=1S/C25H25NO8S/c1-5-32-25(28)23-16(12-22(35-23)14-6-7-17-21(10-14)34-9-8-33-17)26-24(27)15-11-19(30-3)20(31-4)13-18(15)29-2/h6-7,10-13H,5,8-9H2,1-4H3,(H,26,27). The fourth-order valence-corrected chi connectivity index (χ4v) is 4.57. The zero-order chi connectivity index (χ0) is 24.9. The molecule has 0 saturated heterocycles. The number of carbonyl (C=O) groups is 2. The average Bonchev–Trinajstić information content (AvgIpc) is 3.31. The fourth-order valence-electron chi connectivity index (χ4n) is 3.57. The summed E-state index contributed by atoms with van der Waals surface area (Å²) in [7, 11) is 4.42. The van der Waals surface area contributed by atoms with Crippen LogP contribution in [0.1, 0.15) is 27.0 Å². The van der Waals surface area contributed by atoms with Crippen molar-refractivity contribution in [1.29, 1.82) is 0 Å². The van der Waals surface area contributed by atoms with E-state index < -0.39 is 11.9 Å². The molecule has 2 heterocycles. The van der Waals surface area contributed by atoms with E-state index in [2.05, 4.69) is 5.32 Å². The molecule has 184 valence electrons. The quantitative estimate of drug-likeness (QED) is 0.447. The van der Waals surface area contributed by atoms with E-state index in [4.69, 9.17) is 28.4 Å². The minimum atomic E-state index is -0.532. The van der Waals surface area contributed by atoms with Crippen molar-refractivity contribution < 1.29 is 38.0 Å². The first kappa shape index (κ1) is 24.2. The molecule has 1 N–H and O–H groups in total. The first-order chi connectivity index (χ1) is 17.0. The average molecular weight is 500 g/mol. The third-order valence-corrected chi connectivity index (χ3v) is 6.38. The molecule has 9 nitrogen and oxygen atoms in total. The van der Waals surface area contributed by atoms with E-state index in [-0.39, 0.29) is 17.0 Å². The zero-order valence-electron chi connectivity index (χ0n) is 19.8. The van der Waals surface area contributed by atoms with Crippen molar-refractivity contribution in [3.05, 3.63) is 46.8 Å². The van der Waals surface area contributed by atoms with E-state index >= 15 is 0 Å². The minimum Gasteiger partial charge on any atom is -0.496 e. The molecule has 10 heteroatoms. The van der Waals surface area contributed by atoms with Gasteiger partial charge in [-0.05, 0) is 36.8 Å². The van der Waals surface area contributed by atoms with Gasteiger partial charge in [-0.1, -0.05) is 0 Å². The second kappa shape index (κ2) is 10.6. The smallest absolute Gasteiger partial charge is 0.350 e. The molecule has 1 amide bonds. The molecule has 1 aromatic heterocycles. The van der Waals surface area contributed by atoms with Crippen LogP contribution in [0.25, 0.3) is 10.4 Å². The van der Waals surface area contributed by atoms with Crippen molar-refractivity contribution in [2.45, 2.75) is 6.92 Å². The molecule has 0 radical (unpaired) electrons. The number of esters is 1. The zero-order valence-corrected chi connectivity index (χ0v) is 20.6. The van der Waals surface area contributed by atoms with Crippen molar-refractivity contribution in [2.24, 2.45) is 0 Å². The van der Waals surface area contributed by atoms with E-state index in [1.165, 1.54) is 38.7 Å². The predicted octanol–water partition coefficient (Wildman–Crippen LogP) is 4.64. The normalized spacial score (nSPS) is 12.0. The monoisotopic (exact) mass is 499 g/mol. The summed E-state index contributed by atoms with van der Waals surface area (Å²) in [6.45, 7) is 2.88. The lowest BCUT2D eigenvalue weighted by atomic mass is 10.1. The Balaban J connectivity index is 1.71. The van der Waals surface area contributed by atoms with Gasteiger partial charge in [-0.2, -0.15) is 0 Å². The summed E-state index contributed by atoms with van der Waals surface area (Å²) in [5, 5.41) is 2.82. The summed E-state index contributed by atoms with van der Waals surface area (Å²) in [6, 6.07) is 10.3. The largest absolute Gasteiger partial charge is 0.496 e. The number of nitrogens with one attached hydrogen (secondary N) is 1. The summed E-state index contributed by atoms with van der Waals surface area (Å²) >= 11 is 1.21. The predicted molar refractivity (Wildman–Crippen MR) is 131 cm³/mol. The fraction of sp³-hybridized carbons (Fsp3) is 0.280. The topological polar surface area (TPSA) is 102 Å². The van der Waals surface area contributed by atoms with Crippen LogP contribution in [0.4, 0.5) is 5.69 Å². The number of amides is 1. The highest BCUT2D eigenvalue weighted by atomic mass is 32.1. The molecule has 0 atom stereocenters. The lowest BCUT2D eigenvalue weighted by molar-refractivity contribution is 0.0533. The molecule has 35 heavy (non-hydrogen) atoms. The van der Waals surface area contributed by atoms with Crippen LogP contribution in [0, 0.1) is 0 Å². The summed E-state index contributed by atoms with van der Waals surface area (Å²) < 4.78 is 32.5. The highest BCUT2D eigenvalue weighted by molar-refractivity contribution is 7.18. The molecule has 1 aliphatic rings. The van der Waals surface area contributed by atoms with Gasteiger partial charge in [-0.15, -0.1) is 11.3 Å². The Hall–Kier alpha value is -3.92. The Morgan fingerprint density at radius 2 is 1.60 bits per heavy atom. The number of methoxy groups -OCH3 is 3. The van der Waals surface area contributed by atoms with Crippen molar-refractivity contribution in [1.82, 2.24) is 0 Å². The van der Waals surface area contributed by atoms with Gasteiger partial charge in [0.1, 0.15) is 23.8 Å². The van der Waals surface area contributed by atoms with Gasteiger partial charge in [0.25, 0.3) is 5.91 Å². The summed E-state index contributed by atoms with van der Waals surface area (Å²) in [5.41, 5.74) is 1.35. The molecule has 2 aromatic carbocycles. The van der Waals surface area contributed by atoms with Crippen LogP contribution in [0.15, 0.2) is 36.4 Å². The number of hydrogen-bond donors (Lipinski definition) is 1. The maximum absolute atomic E-state index is 13.3. The Morgan fingerprint density at radius 3 is 2.29 bits per heavy atom. The third kappa shape index (κ3) is 4.97. The van der Waals surface area contributed by atoms with Gasteiger partial charge in [0.2, 0.25) is 0 Å². The van der Waals surface area contributed by atoms with Gasteiger partial charge >= 0.3 is 5.97 Å². The van der Waals surface area contributed by atoms with Crippen molar-refractivity contribution in [2.75, 3.05) is 46.5 Å². The SMILES string of the molecule is CCOC(=O)c1sc(-c2ccc3c(c2)OCCO3)cc1NC(=O)c1cc(OC)c(OC)cc1OC. The Labute approximate surface area is 206 Å². The summed E-state index contributed by atoms with van der Waals surface area (Å²) in [5.74, 6) is 1.35. The number of rotatable bonds is 8. The number of ether oxygens (including phenoxy) is 6. The lowest BCUT2D eigenvalue weighted by Crippen LogP contribution is -2.15. The maximum Gasteiger partial charge on any atom is 0.350 e. The van der Waals surface area contributed by atoms with Crippen LogP contribution >= 0.6 is 11.3 Å². The van der Waals surface area contributed by atoms with Crippen molar-refractivity contribution in [3.63, 3.8) is 0 Å². The number of thiophene rings is 1. The van der Waals surface area contributed by atoms with Crippen LogP contribution in [-0.2, 0) is 4.74 Å². The van der Waals surface area contributed by atoms with Crippen LogP contribution in [0.3, 0.4) is 0 Å². The molecule has 0 spiro atoms. The second-order valence-corrected chi connectivity index (χ2v) is 8.35. The first-order valence-electron chi connectivity index (χ1n) is 10.8. The summed E-state index contributed by atoms with van der Waals surface area (Å²) in [4.78, 5) is 27.0. The Kier molecular flexibility index (Phi) is 7.31. The highest BCUT2D eigenvalue weighted by Crippen LogP contribution is 2.41. The van der Waals surface area contributed by atoms with Gasteiger partial charge in [0.05, 0.1) is 39.2 Å². The number of carbonyl (C=O) groups excluding carboxylic acids is 2. The maximum atomic E-state index is 13.3. The number of anilines is 1. The van der Waals surface area contributed by atoms with Crippen LogP contribution in [0.5, 0.6) is 28.7 Å². The number of fused-ring (bicyclic) bond motifs is 1. The van der Waals surface area contributed by atoms with Gasteiger partial charge in [0, 0.05) is 17.0 Å². The molecule has 0 aliphatic carbocycles. The van der Waals surface area contributed by atoms with Crippen LogP contribution < -0.4 is 29.0 Å². The molecule has 4 rings (SSSR count). The third-order valence-electron chi connectivity index (χ3n) is 5.22. The van der Waals surface area contributed by atoms with Crippen LogP contribution in [0.2, 0.25) is 0 Å². The highest BCUT2D eigenvalue weighted by Gasteiger charge is 2.24. The number of benzene rings is 2. The van der Waals surface area contributed by atoms with E-state index in [0.717, 1.165) is 10.4 Å². The van der Waals surface area contributed by atoms with E-state index in [0.29, 0.717) is 47.6 Å². The summed E-state index contributed by atoms with van der Waals surface area (Å²) in [6.07, 6.45) is 0. The van der Waals surface area contributed by atoms with Gasteiger partial charge in [0.15, 0.2) is 23.0 Å². The van der Waals surface area contributed by atoms with Gasteiger partial charge in [-0.3, -0.25) is 4.79 Å². The molecular weight excluding hydrogens is 474 g/mol. The Morgan fingerprint density at radius 1 is 0.914 bits per heavy atom. The van der Waals surface area contributed by atoms with Crippen molar-refractivity contribution >= 4 is 28.9 Å². The first-order valence-corrected chi connectivity index (χ1v) is 11.6. The lowest BCUT2D eigenvalue weighted by Gasteiger charge is -2.18. The van der Waals surface area contributed by atoms with Crippen LogP contribution in [-0.4, -0.2) is 53.0 Å². The molecule has 1 aliphatic heterocycles. The molecule has 0 saturated carbocycles. The van der Waals surface area contributed by atoms with Gasteiger partial charge < -0.3 is 33.7 Å². The number of hydrogen-bond acceptors (Lipinski definition) is 9. The molecule has 0 fully saturated rings. The van der Waals surface area contributed by atoms with Crippen molar-refractivity contribution in [3.8, 4) is 39.2 Å². The minimum absolute atomic E-state index is 0.201. The van der Waals surface area contributed by atoms with E-state index in [1.807, 2.05) is 18.2 Å². The van der Waals surface area contributed by atoms with E-state index in [9.17, 15) is 9.59 Å². The molecule has 3 aromatic rings. The molecule has 0 bridgehead atoms. The molecular formula is C25H25NO8S. The molecule has 0 unspecified atom stereocenters. The Bertz CT molecular complexity index is 1250. The second-order valence-electron chi connectivity index (χ2n) is 7.29. The van der Waals surface area contributed by atoms with Gasteiger partial charge in [-0.25, -0.2) is 4.79 Å². The van der Waals surface area contributed by atoms with E-state index in [1.54, 1.807) is 19.1 Å².